The van der Waals surface area contributed by atoms with Crippen molar-refractivity contribution in [3.8, 4) is 11.8 Å². The zero-order valence-electron chi connectivity index (χ0n) is 11.8. The number of carbonyl (C=O) groups is 1. The largest absolute Gasteiger partial charge is 0.497 e. The van der Waals surface area contributed by atoms with Gasteiger partial charge in [0.25, 0.3) is 0 Å². The molecular formula is C17H14BrNO2. The third-order valence-electron chi connectivity index (χ3n) is 3.21. The maximum absolute atomic E-state index is 12.7. The van der Waals surface area contributed by atoms with Gasteiger partial charge in [-0.3, -0.25) is 4.79 Å². The number of nitrogens with zero attached hydrogens (tertiary/aromatic N) is 1. The zero-order valence-corrected chi connectivity index (χ0v) is 13.3. The maximum atomic E-state index is 12.7. The monoisotopic (exact) mass is 343 g/mol. The van der Waals surface area contributed by atoms with Crippen LogP contribution in [0.4, 0.5) is 0 Å². The number of ether oxygens (including phenoxy) is 1. The summed E-state index contributed by atoms with van der Waals surface area (Å²) in [6.45, 7) is 1.91. The quantitative estimate of drug-likeness (QED) is 0.779. The van der Waals surface area contributed by atoms with E-state index in [-0.39, 0.29) is 5.78 Å². The van der Waals surface area contributed by atoms with E-state index in [1.807, 2.05) is 19.1 Å². The molecule has 3 nitrogen and oxygen atoms in total. The van der Waals surface area contributed by atoms with Crippen molar-refractivity contribution in [3.63, 3.8) is 0 Å². The minimum absolute atomic E-state index is 0.221. The zero-order chi connectivity index (χ0) is 15.4. The Hall–Kier alpha value is -2.12. The van der Waals surface area contributed by atoms with Gasteiger partial charge in [0.1, 0.15) is 11.7 Å². The number of halogens is 1. The molecule has 2 aromatic carbocycles. The van der Waals surface area contributed by atoms with Gasteiger partial charge in [-0.1, -0.05) is 39.7 Å². The van der Waals surface area contributed by atoms with E-state index >= 15 is 0 Å². The van der Waals surface area contributed by atoms with Crippen LogP contribution in [0, 0.1) is 18.3 Å². The Labute approximate surface area is 132 Å². The fourth-order valence-electron chi connectivity index (χ4n) is 2.09. The molecule has 0 aliphatic rings. The first kappa shape index (κ1) is 15.3. The summed E-state index contributed by atoms with van der Waals surface area (Å²) < 4.78 is 5.84. The topological polar surface area (TPSA) is 50.1 Å². The number of benzene rings is 2. The molecule has 1 unspecified atom stereocenters. The Morgan fingerprint density at radius 3 is 2.71 bits per heavy atom. The van der Waals surface area contributed by atoms with Crippen LogP contribution in [0.5, 0.6) is 5.75 Å². The van der Waals surface area contributed by atoms with Crippen molar-refractivity contribution in [3.05, 3.63) is 63.6 Å². The standard InChI is InChI=1S/C17H14BrNO2/c1-11-6-7-16(18)14(8-11)17(20)15(10-19)12-4-3-5-13(9-12)21-2/h3-9,15H,1-2H3. The van der Waals surface area contributed by atoms with Gasteiger partial charge in [0.2, 0.25) is 0 Å². The molecular weight excluding hydrogens is 330 g/mol. The predicted molar refractivity (Wildman–Crippen MR) is 84.6 cm³/mol. The highest BCUT2D eigenvalue weighted by atomic mass is 79.9. The van der Waals surface area contributed by atoms with Gasteiger partial charge in [-0.15, -0.1) is 0 Å². The molecule has 21 heavy (non-hydrogen) atoms. The molecule has 0 saturated heterocycles. The molecule has 106 valence electrons. The van der Waals surface area contributed by atoms with Crippen molar-refractivity contribution in [2.24, 2.45) is 0 Å². The summed E-state index contributed by atoms with van der Waals surface area (Å²) in [7, 11) is 1.56. The van der Waals surface area contributed by atoms with E-state index in [4.69, 9.17) is 4.74 Å². The van der Waals surface area contributed by atoms with Crippen LogP contribution in [0.25, 0.3) is 0 Å². The third-order valence-corrected chi connectivity index (χ3v) is 3.90. The summed E-state index contributed by atoms with van der Waals surface area (Å²) in [6.07, 6.45) is 0. The number of rotatable bonds is 4. The van der Waals surface area contributed by atoms with Gasteiger partial charge in [0, 0.05) is 10.0 Å². The van der Waals surface area contributed by atoms with Crippen molar-refractivity contribution in [2.75, 3.05) is 7.11 Å². The molecule has 0 fully saturated rings. The molecule has 0 spiro atoms. The minimum atomic E-state index is -0.849. The molecule has 0 aliphatic heterocycles. The van der Waals surface area contributed by atoms with Crippen LogP contribution in [0.15, 0.2) is 46.9 Å². The summed E-state index contributed by atoms with van der Waals surface area (Å²) in [5, 5.41) is 9.41. The van der Waals surface area contributed by atoms with Gasteiger partial charge >= 0.3 is 0 Å². The smallest absolute Gasteiger partial charge is 0.185 e. The highest BCUT2D eigenvalue weighted by Gasteiger charge is 2.24. The van der Waals surface area contributed by atoms with E-state index in [0.717, 1.165) is 5.56 Å². The summed E-state index contributed by atoms with van der Waals surface area (Å²) in [4.78, 5) is 12.7. The molecule has 4 heteroatoms. The highest BCUT2D eigenvalue weighted by Crippen LogP contribution is 2.27. The van der Waals surface area contributed by atoms with Crippen LogP contribution < -0.4 is 4.74 Å². The molecule has 0 bridgehead atoms. The van der Waals surface area contributed by atoms with Gasteiger partial charge in [0.05, 0.1) is 13.2 Å². The van der Waals surface area contributed by atoms with E-state index < -0.39 is 5.92 Å². The lowest BCUT2D eigenvalue weighted by Crippen LogP contribution is -2.12. The van der Waals surface area contributed by atoms with Gasteiger partial charge in [-0.05, 0) is 36.8 Å². The number of aryl methyl sites for hydroxylation is 1. The second kappa shape index (κ2) is 6.55. The lowest BCUT2D eigenvalue weighted by atomic mass is 9.91. The van der Waals surface area contributed by atoms with Gasteiger partial charge in [-0.25, -0.2) is 0 Å². The Morgan fingerprint density at radius 1 is 1.29 bits per heavy atom. The SMILES string of the molecule is COc1cccc(C(C#N)C(=O)c2cc(C)ccc2Br)c1. The molecule has 0 N–H and O–H groups in total. The Morgan fingerprint density at radius 2 is 2.05 bits per heavy atom. The normalized spacial score (nSPS) is 11.5. The number of methoxy groups -OCH3 is 1. The molecule has 0 amide bonds. The van der Waals surface area contributed by atoms with Gasteiger partial charge < -0.3 is 4.74 Å². The molecule has 0 heterocycles. The number of Topliss-reactive ketones (excluding diaryl/α,β-unsaturated/α-hetero) is 1. The van der Waals surface area contributed by atoms with Crippen LogP contribution in [0.3, 0.4) is 0 Å². The summed E-state index contributed by atoms with van der Waals surface area (Å²) in [6, 6.07) is 14.6. The summed E-state index contributed by atoms with van der Waals surface area (Å²) in [5.74, 6) is -0.441. The lowest BCUT2D eigenvalue weighted by Gasteiger charge is -2.12. The van der Waals surface area contributed by atoms with Gasteiger partial charge in [-0.2, -0.15) is 5.26 Å². The van der Waals surface area contributed by atoms with Crippen molar-refractivity contribution < 1.29 is 9.53 Å². The molecule has 0 aromatic heterocycles. The molecule has 0 radical (unpaired) electrons. The highest BCUT2D eigenvalue weighted by molar-refractivity contribution is 9.10. The van der Waals surface area contributed by atoms with E-state index in [9.17, 15) is 10.1 Å². The number of nitriles is 1. The number of ketones is 1. The summed E-state index contributed by atoms with van der Waals surface area (Å²) in [5.41, 5.74) is 2.13. The van der Waals surface area contributed by atoms with Gasteiger partial charge in [0.15, 0.2) is 5.78 Å². The van der Waals surface area contributed by atoms with Crippen LogP contribution in [0.2, 0.25) is 0 Å². The average molecular weight is 344 g/mol. The fraction of sp³-hybridized carbons (Fsp3) is 0.176. The lowest BCUT2D eigenvalue weighted by molar-refractivity contribution is 0.0978. The van der Waals surface area contributed by atoms with E-state index in [1.54, 1.807) is 37.4 Å². The van der Waals surface area contributed by atoms with Crippen LogP contribution in [-0.4, -0.2) is 12.9 Å². The van der Waals surface area contributed by atoms with Crippen LogP contribution in [0.1, 0.15) is 27.4 Å². The molecule has 2 aromatic rings. The first-order valence-corrected chi connectivity index (χ1v) is 7.20. The van der Waals surface area contributed by atoms with Crippen molar-refractivity contribution >= 4 is 21.7 Å². The van der Waals surface area contributed by atoms with E-state index in [1.165, 1.54) is 0 Å². The van der Waals surface area contributed by atoms with Crippen molar-refractivity contribution in [1.82, 2.24) is 0 Å². The number of hydrogen-bond acceptors (Lipinski definition) is 3. The summed E-state index contributed by atoms with van der Waals surface area (Å²) >= 11 is 3.37. The first-order chi connectivity index (χ1) is 10.1. The van der Waals surface area contributed by atoms with Crippen molar-refractivity contribution in [1.29, 1.82) is 5.26 Å². The van der Waals surface area contributed by atoms with E-state index in [2.05, 4.69) is 22.0 Å². The number of hydrogen-bond donors (Lipinski definition) is 0. The Bertz CT molecular complexity index is 719. The predicted octanol–water partition coefficient (Wildman–Crippen LogP) is 4.26. The second-order valence-corrected chi connectivity index (χ2v) is 5.54. The molecule has 2 rings (SSSR count). The number of carbonyl (C=O) groups excluding carboxylic acids is 1. The van der Waals surface area contributed by atoms with Crippen LogP contribution >= 0.6 is 15.9 Å². The molecule has 0 aliphatic carbocycles. The second-order valence-electron chi connectivity index (χ2n) is 4.69. The van der Waals surface area contributed by atoms with Crippen LogP contribution in [-0.2, 0) is 0 Å². The fourth-order valence-corrected chi connectivity index (χ4v) is 2.53. The average Bonchev–Trinajstić information content (AvgIpc) is 2.50. The molecule has 1 atom stereocenters. The minimum Gasteiger partial charge on any atom is -0.497 e. The van der Waals surface area contributed by atoms with Crippen molar-refractivity contribution in [2.45, 2.75) is 12.8 Å². The maximum Gasteiger partial charge on any atom is 0.185 e. The first-order valence-electron chi connectivity index (χ1n) is 6.40. The third kappa shape index (κ3) is 3.32. The Kier molecular flexibility index (Phi) is 4.77. The van der Waals surface area contributed by atoms with E-state index in [0.29, 0.717) is 21.3 Å². The Balaban J connectivity index is 2.43. The molecule has 0 saturated carbocycles.